The summed E-state index contributed by atoms with van der Waals surface area (Å²) in [7, 11) is 1.65. The van der Waals surface area contributed by atoms with Crippen molar-refractivity contribution in [1.82, 2.24) is 0 Å². The van der Waals surface area contributed by atoms with E-state index in [1.165, 1.54) is 5.56 Å². The van der Waals surface area contributed by atoms with Crippen molar-refractivity contribution >= 4 is 17.3 Å². The fourth-order valence-electron chi connectivity index (χ4n) is 2.67. The molecule has 0 spiro atoms. The van der Waals surface area contributed by atoms with Crippen molar-refractivity contribution in [2.75, 3.05) is 12.4 Å². The van der Waals surface area contributed by atoms with Crippen molar-refractivity contribution < 1.29 is 9.47 Å². The summed E-state index contributed by atoms with van der Waals surface area (Å²) < 4.78 is 11.4. The first-order valence-electron chi connectivity index (χ1n) is 8.49. The highest BCUT2D eigenvalue weighted by molar-refractivity contribution is 6.31. The van der Waals surface area contributed by atoms with Gasteiger partial charge >= 0.3 is 0 Å². The quantitative estimate of drug-likeness (QED) is 0.568. The van der Waals surface area contributed by atoms with E-state index in [4.69, 9.17) is 21.1 Å². The summed E-state index contributed by atoms with van der Waals surface area (Å²) in [5, 5.41) is 4.12. The van der Waals surface area contributed by atoms with Crippen LogP contribution in [0.4, 0.5) is 5.69 Å². The summed E-state index contributed by atoms with van der Waals surface area (Å²) in [4.78, 5) is 0. The van der Waals surface area contributed by atoms with Crippen LogP contribution in [0.5, 0.6) is 11.5 Å². The molecule has 1 N–H and O–H groups in total. The Morgan fingerprint density at radius 2 is 1.77 bits per heavy atom. The molecule has 3 nitrogen and oxygen atoms in total. The Balaban J connectivity index is 1.66. The molecule has 134 valence electrons. The number of hydrogen-bond acceptors (Lipinski definition) is 3. The van der Waals surface area contributed by atoms with E-state index in [1.807, 2.05) is 48.5 Å². The van der Waals surface area contributed by atoms with Gasteiger partial charge in [0.1, 0.15) is 6.61 Å². The van der Waals surface area contributed by atoms with Gasteiger partial charge in [-0.1, -0.05) is 48.0 Å². The number of benzene rings is 3. The Hall–Kier alpha value is -2.65. The van der Waals surface area contributed by atoms with E-state index < -0.39 is 0 Å². The lowest BCUT2D eigenvalue weighted by molar-refractivity contribution is 0.284. The van der Waals surface area contributed by atoms with E-state index >= 15 is 0 Å². The van der Waals surface area contributed by atoms with Crippen LogP contribution in [0.15, 0.2) is 66.7 Å². The number of hydrogen-bond donors (Lipinski definition) is 1. The summed E-state index contributed by atoms with van der Waals surface area (Å²) in [6.45, 7) is 3.20. The fraction of sp³-hybridized carbons (Fsp3) is 0.182. The Morgan fingerprint density at radius 1 is 0.923 bits per heavy atom. The van der Waals surface area contributed by atoms with Crippen LogP contribution in [-0.2, 0) is 13.2 Å². The fourth-order valence-corrected chi connectivity index (χ4v) is 2.86. The van der Waals surface area contributed by atoms with Gasteiger partial charge in [0, 0.05) is 22.8 Å². The number of aryl methyl sites for hydroxylation is 1. The molecule has 0 unspecified atom stereocenters. The number of ether oxygens (including phenoxy) is 2. The SMILES string of the molecule is COc1cc(CNc2cccc(C)c2)ccc1OCc1ccccc1Cl. The molecule has 0 aliphatic heterocycles. The van der Waals surface area contributed by atoms with Gasteiger partial charge in [0.15, 0.2) is 11.5 Å². The summed E-state index contributed by atoms with van der Waals surface area (Å²) in [6, 6.07) is 21.9. The lowest BCUT2D eigenvalue weighted by Gasteiger charge is -2.14. The van der Waals surface area contributed by atoms with Crippen LogP contribution in [0.25, 0.3) is 0 Å². The molecule has 0 radical (unpaired) electrons. The Labute approximate surface area is 159 Å². The van der Waals surface area contributed by atoms with E-state index in [-0.39, 0.29) is 0 Å². The molecule has 3 aromatic carbocycles. The van der Waals surface area contributed by atoms with Crippen LogP contribution in [0, 0.1) is 6.92 Å². The molecular weight excluding hydrogens is 346 g/mol. The minimum Gasteiger partial charge on any atom is -0.493 e. The molecule has 26 heavy (non-hydrogen) atoms. The monoisotopic (exact) mass is 367 g/mol. The Morgan fingerprint density at radius 3 is 2.54 bits per heavy atom. The zero-order valence-corrected chi connectivity index (χ0v) is 15.7. The first-order valence-corrected chi connectivity index (χ1v) is 8.87. The molecule has 0 heterocycles. The molecular formula is C22H22ClNO2. The first-order chi connectivity index (χ1) is 12.7. The van der Waals surface area contributed by atoms with Gasteiger partial charge in [0.05, 0.1) is 7.11 Å². The maximum absolute atomic E-state index is 6.18. The number of methoxy groups -OCH3 is 1. The van der Waals surface area contributed by atoms with Crippen LogP contribution in [0.1, 0.15) is 16.7 Å². The van der Waals surface area contributed by atoms with Gasteiger partial charge in [-0.2, -0.15) is 0 Å². The van der Waals surface area contributed by atoms with Crippen molar-refractivity contribution in [1.29, 1.82) is 0 Å². The number of rotatable bonds is 7. The number of halogens is 1. The first kappa shape index (κ1) is 18.2. The van der Waals surface area contributed by atoms with Gasteiger partial charge in [-0.15, -0.1) is 0 Å². The summed E-state index contributed by atoms with van der Waals surface area (Å²) in [6.07, 6.45) is 0. The van der Waals surface area contributed by atoms with Crippen molar-refractivity contribution in [2.45, 2.75) is 20.1 Å². The lowest BCUT2D eigenvalue weighted by atomic mass is 10.1. The zero-order valence-electron chi connectivity index (χ0n) is 15.0. The van der Waals surface area contributed by atoms with Crippen molar-refractivity contribution in [3.05, 3.63) is 88.4 Å². The van der Waals surface area contributed by atoms with Crippen molar-refractivity contribution in [3.8, 4) is 11.5 Å². The highest BCUT2D eigenvalue weighted by Gasteiger charge is 2.08. The van der Waals surface area contributed by atoms with Crippen LogP contribution in [0.3, 0.4) is 0 Å². The predicted octanol–water partition coefficient (Wildman–Crippen LogP) is 5.85. The average molecular weight is 368 g/mol. The van der Waals surface area contributed by atoms with E-state index in [2.05, 4.69) is 30.4 Å². The van der Waals surface area contributed by atoms with Crippen LogP contribution in [-0.4, -0.2) is 7.11 Å². The van der Waals surface area contributed by atoms with E-state index in [0.717, 1.165) is 16.8 Å². The molecule has 3 rings (SSSR count). The van der Waals surface area contributed by atoms with Gasteiger partial charge in [-0.05, 0) is 48.4 Å². The second-order valence-corrected chi connectivity index (χ2v) is 6.50. The number of anilines is 1. The normalized spacial score (nSPS) is 10.4. The Kier molecular flexibility index (Phi) is 6.03. The smallest absolute Gasteiger partial charge is 0.161 e. The third-order valence-electron chi connectivity index (χ3n) is 4.08. The van der Waals surface area contributed by atoms with Gasteiger partial charge in [0.25, 0.3) is 0 Å². The van der Waals surface area contributed by atoms with Gasteiger partial charge < -0.3 is 14.8 Å². The summed E-state index contributed by atoms with van der Waals surface area (Å²) in [5.41, 5.74) is 4.40. The predicted molar refractivity (Wildman–Crippen MR) is 107 cm³/mol. The molecule has 4 heteroatoms. The molecule has 0 saturated heterocycles. The topological polar surface area (TPSA) is 30.5 Å². The molecule has 0 saturated carbocycles. The van der Waals surface area contributed by atoms with Gasteiger partial charge in [0.2, 0.25) is 0 Å². The van der Waals surface area contributed by atoms with Crippen LogP contribution in [0.2, 0.25) is 5.02 Å². The van der Waals surface area contributed by atoms with Crippen molar-refractivity contribution in [3.63, 3.8) is 0 Å². The molecule has 0 aliphatic carbocycles. The minimum absolute atomic E-state index is 0.400. The molecule has 0 atom stereocenters. The molecule has 0 bridgehead atoms. The maximum atomic E-state index is 6.18. The molecule has 0 fully saturated rings. The molecule has 0 aliphatic rings. The average Bonchev–Trinajstić information content (AvgIpc) is 2.66. The second-order valence-electron chi connectivity index (χ2n) is 6.09. The summed E-state index contributed by atoms with van der Waals surface area (Å²) >= 11 is 6.18. The molecule has 0 amide bonds. The van der Waals surface area contributed by atoms with E-state index in [9.17, 15) is 0 Å². The third kappa shape index (κ3) is 4.70. The van der Waals surface area contributed by atoms with Gasteiger partial charge in [-0.3, -0.25) is 0 Å². The van der Waals surface area contributed by atoms with Crippen LogP contribution >= 0.6 is 11.6 Å². The Bertz CT molecular complexity index is 880. The molecule has 3 aromatic rings. The highest BCUT2D eigenvalue weighted by Crippen LogP contribution is 2.30. The van der Waals surface area contributed by atoms with Crippen LogP contribution < -0.4 is 14.8 Å². The maximum Gasteiger partial charge on any atom is 0.161 e. The molecule has 0 aromatic heterocycles. The highest BCUT2D eigenvalue weighted by atomic mass is 35.5. The second kappa shape index (κ2) is 8.63. The number of nitrogens with one attached hydrogen (secondary N) is 1. The van der Waals surface area contributed by atoms with E-state index in [0.29, 0.717) is 29.7 Å². The van der Waals surface area contributed by atoms with E-state index in [1.54, 1.807) is 7.11 Å². The third-order valence-corrected chi connectivity index (χ3v) is 4.45. The van der Waals surface area contributed by atoms with Crippen molar-refractivity contribution in [2.24, 2.45) is 0 Å². The zero-order chi connectivity index (χ0) is 18.4. The standard InChI is InChI=1S/C22H22ClNO2/c1-16-6-5-8-19(12-16)24-14-17-10-11-21(22(13-17)25-2)26-15-18-7-3-4-9-20(18)23/h3-13,24H,14-15H2,1-2H3. The largest absolute Gasteiger partial charge is 0.493 e. The minimum atomic E-state index is 0.400. The lowest BCUT2D eigenvalue weighted by Crippen LogP contribution is -2.02. The van der Waals surface area contributed by atoms with Gasteiger partial charge in [-0.25, -0.2) is 0 Å². The summed E-state index contributed by atoms with van der Waals surface area (Å²) in [5.74, 6) is 1.41.